The van der Waals surface area contributed by atoms with Crippen LogP contribution in [0, 0.1) is 11.8 Å². The van der Waals surface area contributed by atoms with Gasteiger partial charge in [-0.25, -0.2) is 0 Å². The van der Waals surface area contributed by atoms with Gasteiger partial charge in [-0.05, 0) is 32.4 Å². The predicted octanol–water partition coefficient (Wildman–Crippen LogP) is 1.50. The van der Waals surface area contributed by atoms with E-state index in [4.69, 9.17) is 5.11 Å². The largest absolute Gasteiger partial charge is 0.481 e. The highest BCUT2D eigenvalue weighted by molar-refractivity contribution is 5.85. The second-order valence-electron chi connectivity index (χ2n) is 5.22. The third-order valence-electron chi connectivity index (χ3n) is 3.80. The quantitative estimate of drug-likeness (QED) is 0.662. The Kier molecular flexibility index (Phi) is 7.30. The number of nitrogens with zero attached hydrogens (tertiary/aromatic N) is 1. The highest BCUT2D eigenvalue weighted by atomic mass is 16.4. The molecule has 0 aromatic heterocycles. The lowest BCUT2D eigenvalue weighted by molar-refractivity contribution is -0.147. The number of carbonyl (C=O) groups is 2. The Balaban J connectivity index is 2.41. The number of nitrogens with one attached hydrogen (secondary N) is 1. The van der Waals surface area contributed by atoms with Gasteiger partial charge >= 0.3 is 5.97 Å². The summed E-state index contributed by atoms with van der Waals surface area (Å²) in [5.74, 6) is -2.03. The molecule has 5 heteroatoms. The van der Waals surface area contributed by atoms with Crippen molar-refractivity contribution < 1.29 is 14.7 Å². The van der Waals surface area contributed by atoms with Gasteiger partial charge in [0.1, 0.15) is 0 Å². The van der Waals surface area contributed by atoms with E-state index in [1.54, 1.807) is 0 Å². The van der Waals surface area contributed by atoms with Gasteiger partial charge in [0.25, 0.3) is 0 Å². The van der Waals surface area contributed by atoms with E-state index >= 15 is 0 Å². The highest BCUT2D eigenvalue weighted by Gasteiger charge is 2.33. The number of likely N-dealkylation sites (N-methyl/N-ethyl adjacent to an activating group) is 1. The third-order valence-corrected chi connectivity index (χ3v) is 3.80. The van der Waals surface area contributed by atoms with Crippen LogP contribution in [0.15, 0.2) is 12.2 Å². The minimum atomic E-state index is -0.879. The monoisotopic (exact) mass is 282 g/mol. The molecule has 20 heavy (non-hydrogen) atoms. The summed E-state index contributed by atoms with van der Waals surface area (Å²) < 4.78 is 0. The van der Waals surface area contributed by atoms with Crippen molar-refractivity contribution in [2.75, 3.05) is 26.2 Å². The number of carbonyl (C=O) groups excluding carboxylic acids is 1. The van der Waals surface area contributed by atoms with Crippen LogP contribution in [0.25, 0.3) is 0 Å². The lowest BCUT2D eigenvalue weighted by Crippen LogP contribution is -2.42. The van der Waals surface area contributed by atoms with Crippen LogP contribution in [0.5, 0.6) is 0 Å². The van der Waals surface area contributed by atoms with Crippen molar-refractivity contribution >= 4 is 11.9 Å². The number of allylic oxidation sites excluding steroid dienone is 2. The standard InChI is InChI=1S/C15H26N2O3/c1-3-10-17(4-2)11-9-16-14(18)12-7-5-6-8-13(12)15(19)20/h5-6,12-13H,3-4,7-11H2,1-2H3,(H,16,18)(H,19,20)/t12-,13+/m1/s1. The van der Waals surface area contributed by atoms with E-state index in [1.165, 1.54) is 0 Å². The molecule has 0 saturated carbocycles. The van der Waals surface area contributed by atoms with E-state index in [2.05, 4.69) is 24.1 Å². The fraction of sp³-hybridized carbons (Fsp3) is 0.733. The molecule has 1 amide bonds. The van der Waals surface area contributed by atoms with E-state index in [9.17, 15) is 9.59 Å². The van der Waals surface area contributed by atoms with Crippen LogP contribution < -0.4 is 5.32 Å². The summed E-state index contributed by atoms with van der Waals surface area (Å²) in [6.07, 6.45) is 5.82. The summed E-state index contributed by atoms with van der Waals surface area (Å²) in [6, 6.07) is 0. The minimum absolute atomic E-state index is 0.130. The molecule has 0 radical (unpaired) electrons. The average Bonchev–Trinajstić information content (AvgIpc) is 2.46. The van der Waals surface area contributed by atoms with Gasteiger partial charge in [0.15, 0.2) is 0 Å². The molecule has 0 unspecified atom stereocenters. The molecule has 0 heterocycles. The molecule has 1 aliphatic carbocycles. The highest BCUT2D eigenvalue weighted by Crippen LogP contribution is 2.25. The van der Waals surface area contributed by atoms with Crippen molar-refractivity contribution in [3.63, 3.8) is 0 Å². The third kappa shape index (κ3) is 4.96. The number of amides is 1. The summed E-state index contributed by atoms with van der Waals surface area (Å²) in [6.45, 7) is 7.62. The number of carboxylic acid groups (broad SMARTS) is 1. The van der Waals surface area contributed by atoms with E-state index in [1.807, 2.05) is 12.2 Å². The molecule has 5 nitrogen and oxygen atoms in total. The number of carboxylic acids is 1. The van der Waals surface area contributed by atoms with Gasteiger partial charge in [-0.3, -0.25) is 9.59 Å². The van der Waals surface area contributed by atoms with Crippen molar-refractivity contribution in [1.29, 1.82) is 0 Å². The van der Waals surface area contributed by atoms with Gasteiger partial charge in [0.05, 0.1) is 11.8 Å². The molecule has 0 aromatic carbocycles. The summed E-state index contributed by atoms with van der Waals surface area (Å²) >= 11 is 0. The molecule has 114 valence electrons. The zero-order valence-corrected chi connectivity index (χ0v) is 12.5. The van der Waals surface area contributed by atoms with E-state index < -0.39 is 17.8 Å². The van der Waals surface area contributed by atoms with Gasteiger partial charge in [0, 0.05) is 13.1 Å². The maximum absolute atomic E-state index is 12.1. The van der Waals surface area contributed by atoms with Crippen molar-refractivity contribution in [3.8, 4) is 0 Å². The first-order valence-corrected chi connectivity index (χ1v) is 7.48. The number of rotatable bonds is 8. The first-order valence-electron chi connectivity index (χ1n) is 7.48. The van der Waals surface area contributed by atoms with Crippen LogP contribution in [0.2, 0.25) is 0 Å². The molecule has 2 atom stereocenters. The zero-order valence-electron chi connectivity index (χ0n) is 12.5. The van der Waals surface area contributed by atoms with Crippen LogP contribution in [0.3, 0.4) is 0 Å². The number of hydrogen-bond donors (Lipinski definition) is 2. The number of hydrogen-bond acceptors (Lipinski definition) is 3. The van der Waals surface area contributed by atoms with Gasteiger partial charge < -0.3 is 15.3 Å². The molecule has 0 fully saturated rings. The lowest BCUT2D eigenvalue weighted by Gasteiger charge is -2.25. The smallest absolute Gasteiger partial charge is 0.307 e. The Morgan fingerprint density at radius 3 is 2.40 bits per heavy atom. The zero-order chi connectivity index (χ0) is 15.0. The molecular formula is C15H26N2O3. The fourth-order valence-electron chi connectivity index (χ4n) is 2.59. The second-order valence-corrected chi connectivity index (χ2v) is 5.22. The molecule has 0 bridgehead atoms. The van der Waals surface area contributed by atoms with Gasteiger partial charge in [0.2, 0.25) is 5.91 Å². The van der Waals surface area contributed by atoms with Crippen LogP contribution in [0.1, 0.15) is 33.1 Å². The van der Waals surface area contributed by atoms with E-state index in [0.717, 1.165) is 26.1 Å². The Bertz CT molecular complexity index is 355. The van der Waals surface area contributed by atoms with E-state index in [0.29, 0.717) is 19.4 Å². The predicted molar refractivity (Wildman–Crippen MR) is 78.4 cm³/mol. The Hall–Kier alpha value is -1.36. The van der Waals surface area contributed by atoms with Crippen molar-refractivity contribution in [3.05, 3.63) is 12.2 Å². The average molecular weight is 282 g/mol. The Labute approximate surface area is 121 Å². The first-order chi connectivity index (χ1) is 9.60. The molecule has 0 saturated heterocycles. The minimum Gasteiger partial charge on any atom is -0.481 e. The number of aliphatic carboxylic acids is 1. The summed E-state index contributed by atoms with van der Waals surface area (Å²) in [5.41, 5.74) is 0. The summed E-state index contributed by atoms with van der Waals surface area (Å²) in [5, 5.41) is 12.0. The topological polar surface area (TPSA) is 69.6 Å². The fourth-order valence-corrected chi connectivity index (χ4v) is 2.59. The molecule has 1 rings (SSSR count). The molecule has 0 aromatic rings. The molecule has 1 aliphatic rings. The van der Waals surface area contributed by atoms with Crippen LogP contribution >= 0.6 is 0 Å². The van der Waals surface area contributed by atoms with Gasteiger partial charge in [-0.2, -0.15) is 0 Å². The van der Waals surface area contributed by atoms with Gasteiger partial charge in [-0.1, -0.05) is 26.0 Å². The molecule has 0 spiro atoms. The molecule has 0 aliphatic heterocycles. The van der Waals surface area contributed by atoms with E-state index in [-0.39, 0.29) is 5.91 Å². The molecule has 2 N–H and O–H groups in total. The molecular weight excluding hydrogens is 256 g/mol. The Morgan fingerprint density at radius 1 is 1.20 bits per heavy atom. The second kappa shape index (κ2) is 8.74. The Morgan fingerprint density at radius 2 is 1.85 bits per heavy atom. The van der Waals surface area contributed by atoms with Gasteiger partial charge in [-0.15, -0.1) is 0 Å². The summed E-state index contributed by atoms with van der Waals surface area (Å²) in [4.78, 5) is 25.5. The lowest BCUT2D eigenvalue weighted by atomic mass is 9.82. The maximum Gasteiger partial charge on any atom is 0.307 e. The summed E-state index contributed by atoms with van der Waals surface area (Å²) in [7, 11) is 0. The normalized spacial score (nSPS) is 21.9. The SMILES string of the molecule is CCCN(CC)CCNC(=O)[C@@H]1CC=CC[C@@H]1C(=O)O. The van der Waals surface area contributed by atoms with Crippen LogP contribution in [-0.2, 0) is 9.59 Å². The van der Waals surface area contributed by atoms with Crippen molar-refractivity contribution in [1.82, 2.24) is 10.2 Å². The van der Waals surface area contributed by atoms with Crippen LogP contribution in [-0.4, -0.2) is 48.1 Å². The maximum atomic E-state index is 12.1. The van der Waals surface area contributed by atoms with Crippen LogP contribution in [0.4, 0.5) is 0 Å². The van der Waals surface area contributed by atoms with Crippen molar-refractivity contribution in [2.24, 2.45) is 11.8 Å². The first kappa shape index (κ1) is 16.7. The van der Waals surface area contributed by atoms with Crippen molar-refractivity contribution in [2.45, 2.75) is 33.1 Å².